The molecule has 1 aliphatic rings. The van der Waals surface area contributed by atoms with Crippen LogP contribution in [0.25, 0.3) is 0 Å². The second-order valence-corrected chi connectivity index (χ2v) is 3.51. The first-order chi connectivity index (χ1) is 4.34. The molecule has 50 valence electrons. The summed E-state index contributed by atoms with van der Waals surface area (Å²) in [5, 5.41) is 0.433. The Hall–Kier alpha value is -0.240. The molecule has 0 aliphatic carbocycles. The van der Waals surface area contributed by atoms with Crippen molar-refractivity contribution < 1.29 is 4.79 Å². The van der Waals surface area contributed by atoms with E-state index in [2.05, 4.69) is 6.58 Å². The highest BCUT2D eigenvalue weighted by Crippen LogP contribution is 2.29. The topological polar surface area (TPSA) is 17.1 Å². The van der Waals surface area contributed by atoms with Crippen LogP contribution in [0.3, 0.4) is 0 Å². The van der Waals surface area contributed by atoms with Crippen molar-refractivity contribution in [2.24, 2.45) is 0 Å². The molecule has 0 N–H and O–H groups in total. The Balaban J connectivity index is 2.41. The van der Waals surface area contributed by atoms with Crippen LogP contribution in [0, 0.1) is 0 Å². The molecule has 0 spiro atoms. The van der Waals surface area contributed by atoms with Crippen molar-refractivity contribution in [1.29, 1.82) is 0 Å². The molecular formula is C7H10OS. The Bertz CT molecular complexity index is 125. The van der Waals surface area contributed by atoms with Crippen LogP contribution in [0.15, 0.2) is 12.2 Å². The van der Waals surface area contributed by atoms with E-state index in [4.69, 9.17) is 0 Å². The average Bonchev–Trinajstić information content (AvgIpc) is 2.37. The van der Waals surface area contributed by atoms with Gasteiger partial charge in [-0.3, -0.25) is 4.79 Å². The minimum absolute atomic E-state index is 0.433. The molecule has 1 aliphatic heterocycles. The van der Waals surface area contributed by atoms with Crippen LogP contribution in [-0.4, -0.2) is 17.3 Å². The van der Waals surface area contributed by atoms with Crippen molar-refractivity contribution in [1.82, 2.24) is 0 Å². The van der Waals surface area contributed by atoms with Crippen LogP contribution in [0.5, 0.6) is 0 Å². The first-order valence-corrected chi connectivity index (χ1v) is 4.15. The number of carbonyl (C=O) groups excluding carboxylic acids is 1. The van der Waals surface area contributed by atoms with Gasteiger partial charge in [-0.15, -0.1) is 0 Å². The SMILES string of the molecule is C=C(C=O)C1CCCS1. The Morgan fingerprint density at radius 2 is 2.56 bits per heavy atom. The van der Waals surface area contributed by atoms with Gasteiger partial charge in [0.1, 0.15) is 6.29 Å². The second-order valence-electron chi connectivity index (χ2n) is 2.19. The lowest BCUT2D eigenvalue weighted by Crippen LogP contribution is -2.00. The van der Waals surface area contributed by atoms with Crippen molar-refractivity contribution >= 4 is 18.0 Å². The molecule has 1 rings (SSSR count). The number of thioether (sulfide) groups is 1. The standard InChI is InChI=1S/C7H10OS/c1-6(5-8)7-3-2-4-9-7/h5,7H,1-4H2. The lowest BCUT2D eigenvalue weighted by Gasteiger charge is -2.03. The van der Waals surface area contributed by atoms with Gasteiger partial charge in [0.2, 0.25) is 0 Å². The summed E-state index contributed by atoms with van der Waals surface area (Å²) in [5.74, 6) is 1.19. The summed E-state index contributed by atoms with van der Waals surface area (Å²) >= 11 is 1.84. The summed E-state index contributed by atoms with van der Waals surface area (Å²) in [6, 6.07) is 0. The predicted octanol–water partition coefficient (Wildman–Crippen LogP) is 1.64. The first-order valence-electron chi connectivity index (χ1n) is 3.10. The zero-order valence-corrected chi connectivity index (χ0v) is 6.12. The van der Waals surface area contributed by atoms with Gasteiger partial charge in [0, 0.05) is 5.25 Å². The van der Waals surface area contributed by atoms with E-state index in [1.54, 1.807) is 0 Å². The minimum Gasteiger partial charge on any atom is -0.298 e. The van der Waals surface area contributed by atoms with Gasteiger partial charge < -0.3 is 0 Å². The first kappa shape index (κ1) is 6.87. The van der Waals surface area contributed by atoms with Crippen molar-refractivity contribution in [3.05, 3.63) is 12.2 Å². The summed E-state index contributed by atoms with van der Waals surface area (Å²) in [6.45, 7) is 3.67. The minimum atomic E-state index is 0.433. The van der Waals surface area contributed by atoms with E-state index in [-0.39, 0.29) is 0 Å². The van der Waals surface area contributed by atoms with Gasteiger partial charge in [0.15, 0.2) is 0 Å². The number of hydrogen-bond acceptors (Lipinski definition) is 2. The summed E-state index contributed by atoms with van der Waals surface area (Å²) in [4.78, 5) is 10.2. The number of aldehydes is 1. The fraction of sp³-hybridized carbons (Fsp3) is 0.571. The van der Waals surface area contributed by atoms with Crippen LogP contribution in [0.1, 0.15) is 12.8 Å². The van der Waals surface area contributed by atoms with Crippen molar-refractivity contribution in [3.63, 3.8) is 0 Å². The predicted molar refractivity (Wildman–Crippen MR) is 40.7 cm³/mol. The maximum atomic E-state index is 10.2. The summed E-state index contributed by atoms with van der Waals surface area (Å²) < 4.78 is 0. The molecule has 2 heteroatoms. The Morgan fingerprint density at radius 3 is 3.00 bits per heavy atom. The van der Waals surface area contributed by atoms with E-state index >= 15 is 0 Å². The van der Waals surface area contributed by atoms with Gasteiger partial charge in [-0.25, -0.2) is 0 Å². The molecule has 0 amide bonds. The highest BCUT2D eigenvalue weighted by atomic mass is 32.2. The molecule has 0 aromatic carbocycles. The Morgan fingerprint density at radius 1 is 1.78 bits per heavy atom. The van der Waals surface area contributed by atoms with Crippen molar-refractivity contribution in [2.75, 3.05) is 5.75 Å². The van der Waals surface area contributed by atoms with Gasteiger partial charge in [-0.1, -0.05) is 6.58 Å². The molecule has 1 heterocycles. The molecule has 1 atom stereocenters. The van der Waals surface area contributed by atoms with Crippen LogP contribution in [-0.2, 0) is 4.79 Å². The lowest BCUT2D eigenvalue weighted by molar-refractivity contribution is -0.104. The maximum absolute atomic E-state index is 10.2. The molecule has 1 unspecified atom stereocenters. The molecule has 1 saturated heterocycles. The van der Waals surface area contributed by atoms with Crippen LogP contribution in [0.2, 0.25) is 0 Å². The fourth-order valence-electron chi connectivity index (χ4n) is 0.946. The molecule has 0 aromatic rings. The third-order valence-corrected chi connectivity index (χ3v) is 2.96. The summed E-state index contributed by atoms with van der Waals surface area (Å²) in [7, 11) is 0. The molecule has 0 radical (unpaired) electrons. The van der Waals surface area contributed by atoms with Gasteiger partial charge in [-0.05, 0) is 24.2 Å². The van der Waals surface area contributed by atoms with Crippen LogP contribution >= 0.6 is 11.8 Å². The number of carbonyl (C=O) groups is 1. The molecule has 0 aromatic heterocycles. The molecule has 0 saturated carbocycles. The van der Waals surface area contributed by atoms with Gasteiger partial charge >= 0.3 is 0 Å². The summed E-state index contributed by atoms with van der Waals surface area (Å²) in [5.41, 5.74) is 0.762. The number of rotatable bonds is 2. The van der Waals surface area contributed by atoms with Crippen molar-refractivity contribution in [2.45, 2.75) is 18.1 Å². The van der Waals surface area contributed by atoms with Gasteiger partial charge in [0.05, 0.1) is 0 Å². The van der Waals surface area contributed by atoms with E-state index in [9.17, 15) is 4.79 Å². The van der Waals surface area contributed by atoms with Crippen LogP contribution < -0.4 is 0 Å². The molecule has 0 bridgehead atoms. The van der Waals surface area contributed by atoms with E-state index < -0.39 is 0 Å². The average molecular weight is 142 g/mol. The van der Waals surface area contributed by atoms with E-state index in [1.807, 2.05) is 11.8 Å². The molecule has 1 nitrogen and oxygen atoms in total. The van der Waals surface area contributed by atoms with E-state index in [0.29, 0.717) is 5.25 Å². The molecular weight excluding hydrogens is 132 g/mol. The van der Waals surface area contributed by atoms with E-state index in [0.717, 1.165) is 18.3 Å². The fourth-order valence-corrected chi connectivity index (χ4v) is 2.17. The summed E-state index contributed by atoms with van der Waals surface area (Å²) in [6.07, 6.45) is 3.26. The second kappa shape index (κ2) is 3.06. The highest BCUT2D eigenvalue weighted by molar-refractivity contribution is 8.00. The molecule has 1 fully saturated rings. The normalized spacial score (nSPS) is 26.0. The highest BCUT2D eigenvalue weighted by Gasteiger charge is 2.17. The third kappa shape index (κ3) is 1.58. The zero-order chi connectivity index (χ0) is 6.69. The monoisotopic (exact) mass is 142 g/mol. The third-order valence-electron chi connectivity index (χ3n) is 1.49. The van der Waals surface area contributed by atoms with Crippen LogP contribution in [0.4, 0.5) is 0 Å². The largest absolute Gasteiger partial charge is 0.298 e. The Labute approximate surface area is 59.5 Å². The number of hydrogen-bond donors (Lipinski definition) is 0. The quantitative estimate of drug-likeness (QED) is 0.430. The zero-order valence-electron chi connectivity index (χ0n) is 5.30. The van der Waals surface area contributed by atoms with Crippen molar-refractivity contribution in [3.8, 4) is 0 Å². The molecule has 9 heavy (non-hydrogen) atoms. The van der Waals surface area contributed by atoms with E-state index in [1.165, 1.54) is 12.2 Å². The maximum Gasteiger partial charge on any atom is 0.146 e. The van der Waals surface area contributed by atoms with Gasteiger partial charge in [-0.2, -0.15) is 11.8 Å². The Kier molecular flexibility index (Phi) is 2.34. The lowest BCUT2D eigenvalue weighted by atomic mass is 10.1. The smallest absolute Gasteiger partial charge is 0.146 e. The van der Waals surface area contributed by atoms with Gasteiger partial charge in [0.25, 0.3) is 0 Å².